The van der Waals surface area contributed by atoms with Crippen LogP contribution in [0.4, 0.5) is 0 Å². The Balaban J connectivity index is 1.91. The number of aliphatic hydroxyl groups is 1. The average Bonchev–Trinajstić information content (AvgIpc) is 2.91. The van der Waals surface area contributed by atoms with Gasteiger partial charge in [0.1, 0.15) is 0 Å². The Kier molecular flexibility index (Phi) is 4.83. The molecule has 2 N–H and O–H groups in total. The lowest BCUT2D eigenvalue weighted by atomic mass is 9.78. The van der Waals surface area contributed by atoms with Gasteiger partial charge in [0.05, 0.1) is 11.5 Å². The van der Waals surface area contributed by atoms with Gasteiger partial charge < -0.3 is 10.2 Å². The minimum absolute atomic E-state index is 0.274. The molecule has 0 amide bonds. The van der Waals surface area contributed by atoms with E-state index < -0.39 is 11.6 Å². The number of hydrogen-bond acceptors (Lipinski definition) is 4. The number of hydrogen-bond donors (Lipinski definition) is 2. The molecule has 1 aromatic rings. The number of aliphatic carboxylic acids is 1. The third-order valence-corrected chi connectivity index (χ3v) is 5.47. The van der Waals surface area contributed by atoms with Crippen LogP contribution in [0.1, 0.15) is 43.5 Å². The maximum atomic E-state index is 11.0. The molecule has 0 spiro atoms. The molecular weight excluding hydrogens is 274 g/mol. The van der Waals surface area contributed by atoms with E-state index in [1.165, 1.54) is 4.88 Å². The minimum Gasteiger partial charge on any atom is -0.481 e. The molecule has 20 heavy (non-hydrogen) atoms. The highest BCUT2D eigenvalue weighted by molar-refractivity contribution is 7.10. The number of carboxylic acids is 1. The van der Waals surface area contributed by atoms with Crippen LogP contribution in [0.25, 0.3) is 0 Å². The van der Waals surface area contributed by atoms with Gasteiger partial charge in [0, 0.05) is 17.5 Å². The third kappa shape index (κ3) is 3.59. The van der Waals surface area contributed by atoms with Crippen molar-refractivity contribution in [2.45, 2.75) is 44.2 Å². The summed E-state index contributed by atoms with van der Waals surface area (Å²) in [5.41, 5.74) is -0.744. The summed E-state index contributed by atoms with van der Waals surface area (Å²) in [6, 6.07) is 4.42. The molecule has 0 saturated heterocycles. The van der Waals surface area contributed by atoms with Crippen LogP contribution in [-0.2, 0) is 4.79 Å². The van der Waals surface area contributed by atoms with Crippen molar-refractivity contribution in [1.82, 2.24) is 4.90 Å². The average molecular weight is 297 g/mol. The predicted octanol–water partition coefficient (Wildman–Crippen LogP) is 2.75. The van der Waals surface area contributed by atoms with Crippen LogP contribution in [0, 0.1) is 5.92 Å². The van der Waals surface area contributed by atoms with E-state index in [2.05, 4.69) is 23.3 Å². The van der Waals surface area contributed by atoms with Crippen LogP contribution in [0.15, 0.2) is 17.5 Å². The van der Waals surface area contributed by atoms with E-state index in [0.717, 1.165) is 0 Å². The fourth-order valence-corrected chi connectivity index (χ4v) is 3.76. The highest BCUT2D eigenvalue weighted by Gasteiger charge is 2.37. The fourth-order valence-electron chi connectivity index (χ4n) is 2.91. The molecule has 1 atom stereocenters. The first kappa shape index (κ1) is 15.5. The Bertz CT molecular complexity index is 438. The highest BCUT2D eigenvalue weighted by atomic mass is 32.1. The molecule has 0 aromatic carbocycles. The Morgan fingerprint density at radius 3 is 2.70 bits per heavy atom. The van der Waals surface area contributed by atoms with Gasteiger partial charge in [-0.3, -0.25) is 9.69 Å². The van der Waals surface area contributed by atoms with Crippen LogP contribution >= 0.6 is 11.3 Å². The van der Waals surface area contributed by atoms with E-state index in [-0.39, 0.29) is 12.0 Å². The molecule has 1 heterocycles. The van der Waals surface area contributed by atoms with E-state index in [0.29, 0.717) is 32.2 Å². The molecule has 1 saturated carbocycles. The standard InChI is InChI=1S/C15H23NO3S/c1-11(13-4-3-9-20-13)16(2)10-15(19)7-5-12(6-8-15)14(17)18/h3-4,9,11-12,19H,5-8,10H2,1-2H3,(H,17,18). The van der Waals surface area contributed by atoms with Crippen LogP contribution in [0.3, 0.4) is 0 Å². The summed E-state index contributed by atoms with van der Waals surface area (Å²) < 4.78 is 0. The van der Waals surface area contributed by atoms with E-state index in [9.17, 15) is 9.90 Å². The number of rotatable bonds is 5. The summed E-state index contributed by atoms with van der Waals surface area (Å²) in [5, 5.41) is 21.7. The maximum absolute atomic E-state index is 11.0. The van der Waals surface area contributed by atoms with Crippen LogP contribution < -0.4 is 0 Å². The number of nitrogens with zero attached hydrogens (tertiary/aromatic N) is 1. The van der Waals surface area contributed by atoms with Gasteiger partial charge in [-0.15, -0.1) is 11.3 Å². The molecule has 1 unspecified atom stereocenters. The van der Waals surface area contributed by atoms with Crippen molar-refractivity contribution in [3.63, 3.8) is 0 Å². The van der Waals surface area contributed by atoms with E-state index in [1.807, 2.05) is 13.1 Å². The largest absolute Gasteiger partial charge is 0.481 e. The fraction of sp³-hybridized carbons (Fsp3) is 0.667. The van der Waals surface area contributed by atoms with Gasteiger partial charge in [-0.05, 0) is 51.1 Å². The van der Waals surface area contributed by atoms with Gasteiger partial charge in [-0.25, -0.2) is 0 Å². The maximum Gasteiger partial charge on any atom is 0.306 e. The van der Waals surface area contributed by atoms with Crippen LogP contribution in [0.5, 0.6) is 0 Å². The zero-order chi connectivity index (χ0) is 14.8. The molecule has 1 aromatic heterocycles. The topological polar surface area (TPSA) is 60.8 Å². The number of carboxylic acid groups (broad SMARTS) is 1. The number of carbonyl (C=O) groups is 1. The van der Waals surface area contributed by atoms with Crippen molar-refractivity contribution in [3.05, 3.63) is 22.4 Å². The smallest absolute Gasteiger partial charge is 0.306 e. The third-order valence-electron chi connectivity index (χ3n) is 4.43. The zero-order valence-corrected chi connectivity index (χ0v) is 12.9. The Labute approximate surface area is 124 Å². The summed E-state index contributed by atoms with van der Waals surface area (Å²) in [7, 11) is 2.02. The zero-order valence-electron chi connectivity index (χ0n) is 12.1. The van der Waals surface area contributed by atoms with Gasteiger partial charge >= 0.3 is 5.97 Å². The first-order chi connectivity index (χ1) is 9.41. The number of thiophene rings is 1. The summed E-state index contributed by atoms with van der Waals surface area (Å²) in [5.74, 6) is -1.01. The minimum atomic E-state index is -0.744. The van der Waals surface area contributed by atoms with E-state index >= 15 is 0 Å². The summed E-state index contributed by atoms with van der Waals surface area (Å²) in [6.07, 6.45) is 2.30. The Hall–Kier alpha value is -0.910. The normalized spacial score (nSPS) is 28.5. The predicted molar refractivity (Wildman–Crippen MR) is 79.9 cm³/mol. The van der Waals surface area contributed by atoms with Crippen LogP contribution in [-0.4, -0.2) is 40.3 Å². The summed E-state index contributed by atoms with van der Waals surface area (Å²) >= 11 is 1.72. The second-order valence-corrected chi connectivity index (χ2v) is 6.92. The van der Waals surface area contributed by atoms with E-state index in [1.54, 1.807) is 11.3 Å². The molecule has 5 heteroatoms. The molecule has 1 aliphatic rings. The van der Waals surface area contributed by atoms with Gasteiger partial charge in [0.25, 0.3) is 0 Å². The van der Waals surface area contributed by atoms with Crippen molar-refractivity contribution in [1.29, 1.82) is 0 Å². The van der Waals surface area contributed by atoms with Crippen molar-refractivity contribution < 1.29 is 15.0 Å². The van der Waals surface area contributed by atoms with Gasteiger partial charge in [-0.1, -0.05) is 6.07 Å². The van der Waals surface area contributed by atoms with Crippen molar-refractivity contribution >= 4 is 17.3 Å². The lowest BCUT2D eigenvalue weighted by Gasteiger charge is -2.39. The second kappa shape index (κ2) is 6.24. The first-order valence-corrected chi connectivity index (χ1v) is 7.98. The van der Waals surface area contributed by atoms with E-state index in [4.69, 9.17) is 5.11 Å². The SMILES string of the molecule is CC(c1cccs1)N(C)CC1(O)CCC(C(=O)O)CC1. The van der Waals surface area contributed by atoms with Crippen molar-refractivity contribution in [3.8, 4) is 0 Å². The molecule has 1 aliphatic carbocycles. The quantitative estimate of drug-likeness (QED) is 0.877. The lowest BCUT2D eigenvalue weighted by Crippen LogP contribution is -2.45. The Morgan fingerprint density at radius 2 is 2.20 bits per heavy atom. The van der Waals surface area contributed by atoms with Crippen LogP contribution in [0.2, 0.25) is 0 Å². The molecule has 1 fully saturated rings. The van der Waals surface area contributed by atoms with Gasteiger partial charge in [0.2, 0.25) is 0 Å². The highest BCUT2D eigenvalue weighted by Crippen LogP contribution is 2.34. The molecule has 2 rings (SSSR count). The lowest BCUT2D eigenvalue weighted by molar-refractivity contribution is -0.145. The summed E-state index contributed by atoms with van der Waals surface area (Å²) in [6.45, 7) is 2.73. The molecular formula is C15H23NO3S. The molecule has 0 bridgehead atoms. The van der Waals surface area contributed by atoms with Gasteiger partial charge in [-0.2, -0.15) is 0 Å². The van der Waals surface area contributed by atoms with Crippen molar-refractivity contribution in [2.75, 3.05) is 13.6 Å². The van der Waals surface area contributed by atoms with Crippen molar-refractivity contribution in [2.24, 2.45) is 5.92 Å². The molecule has 112 valence electrons. The Morgan fingerprint density at radius 1 is 1.55 bits per heavy atom. The first-order valence-electron chi connectivity index (χ1n) is 7.10. The molecule has 4 nitrogen and oxygen atoms in total. The second-order valence-electron chi connectivity index (χ2n) is 5.94. The van der Waals surface area contributed by atoms with Gasteiger partial charge in [0.15, 0.2) is 0 Å². The monoisotopic (exact) mass is 297 g/mol. The summed E-state index contributed by atoms with van der Waals surface area (Å²) in [4.78, 5) is 14.4. The number of likely N-dealkylation sites (N-methyl/N-ethyl adjacent to an activating group) is 1. The molecule has 0 radical (unpaired) electrons. The molecule has 0 aliphatic heterocycles.